The first-order valence-corrected chi connectivity index (χ1v) is 7.30. The fraction of sp³-hybridized carbons (Fsp3) is 0.571. The van der Waals surface area contributed by atoms with Crippen LogP contribution in [0.25, 0.3) is 0 Å². The zero-order valence-electron chi connectivity index (χ0n) is 11.7. The molecule has 2 nitrogen and oxygen atoms in total. The Morgan fingerprint density at radius 1 is 1.23 bits per heavy atom. The Morgan fingerprint density at radius 2 is 1.86 bits per heavy atom. The molecule has 0 aromatic heterocycles. The molecule has 1 aromatic rings. The lowest BCUT2D eigenvalue weighted by Gasteiger charge is -2.36. The van der Waals surface area contributed by atoms with Crippen LogP contribution >= 0.6 is 11.6 Å². The number of halogens is 6. The maximum absolute atomic E-state index is 14.3. The third-order valence-corrected chi connectivity index (χ3v) is 4.04. The van der Waals surface area contributed by atoms with Crippen LogP contribution in [-0.2, 0) is 6.18 Å². The van der Waals surface area contributed by atoms with E-state index in [1.54, 1.807) is 4.90 Å². The minimum atomic E-state index is -4.72. The molecule has 0 amide bonds. The summed E-state index contributed by atoms with van der Waals surface area (Å²) in [6.07, 6.45) is -4.93. The van der Waals surface area contributed by atoms with Crippen LogP contribution in [0.1, 0.15) is 23.6 Å². The van der Waals surface area contributed by atoms with Crippen molar-refractivity contribution in [1.29, 1.82) is 0 Å². The van der Waals surface area contributed by atoms with Gasteiger partial charge in [-0.05, 0) is 18.6 Å². The predicted octanol–water partition coefficient (Wildman–Crippen LogP) is 3.80. The van der Waals surface area contributed by atoms with Gasteiger partial charge in [-0.25, -0.2) is 4.39 Å². The third-order valence-electron chi connectivity index (χ3n) is 3.75. The van der Waals surface area contributed by atoms with Gasteiger partial charge >= 0.3 is 6.18 Å². The molecule has 1 aliphatic rings. The summed E-state index contributed by atoms with van der Waals surface area (Å²) < 4.78 is 66.8. The maximum Gasteiger partial charge on any atom is 0.416 e. The lowest BCUT2D eigenvalue weighted by molar-refractivity contribution is -0.139. The maximum atomic E-state index is 14.3. The van der Waals surface area contributed by atoms with Gasteiger partial charge in [0.25, 0.3) is 0 Å². The zero-order chi connectivity index (χ0) is 16.3. The molecule has 0 bridgehead atoms. The van der Waals surface area contributed by atoms with Crippen molar-refractivity contribution in [1.82, 2.24) is 10.2 Å². The highest BCUT2D eigenvalue weighted by atomic mass is 35.5. The SMILES string of the molecule is FCC[C@@H](c1c(C(F)(F)F)ccc(Cl)c1F)N1CCNCC1. The van der Waals surface area contributed by atoms with E-state index >= 15 is 0 Å². The van der Waals surface area contributed by atoms with Crippen LogP contribution in [0.5, 0.6) is 0 Å². The summed E-state index contributed by atoms with van der Waals surface area (Å²) in [6.45, 7) is 1.14. The number of nitrogens with zero attached hydrogens (tertiary/aromatic N) is 1. The van der Waals surface area contributed by atoms with E-state index < -0.39 is 35.8 Å². The Hall–Kier alpha value is -0.920. The van der Waals surface area contributed by atoms with Crippen LogP contribution in [0.15, 0.2) is 12.1 Å². The highest BCUT2D eigenvalue weighted by Crippen LogP contribution is 2.40. The van der Waals surface area contributed by atoms with Gasteiger partial charge in [0.15, 0.2) is 0 Å². The molecular weight excluding hydrogens is 327 g/mol. The first kappa shape index (κ1) is 17.4. The summed E-state index contributed by atoms with van der Waals surface area (Å²) >= 11 is 5.65. The lowest BCUT2D eigenvalue weighted by Crippen LogP contribution is -2.45. The molecule has 1 saturated heterocycles. The van der Waals surface area contributed by atoms with Gasteiger partial charge in [-0.3, -0.25) is 9.29 Å². The molecule has 0 unspecified atom stereocenters. The normalized spacial score (nSPS) is 18.5. The molecule has 1 aliphatic heterocycles. The molecule has 1 aromatic carbocycles. The Balaban J connectivity index is 2.51. The van der Waals surface area contributed by atoms with Gasteiger partial charge in [0.1, 0.15) is 5.82 Å². The number of alkyl halides is 4. The van der Waals surface area contributed by atoms with Gasteiger partial charge in [-0.1, -0.05) is 11.6 Å². The van der Waals surface area contributed by atoms with Crippen LogP contribution < -0.4 is 5.32 Å². The molecule has 0 aliphatic carbocycles. The van der Waals surface area contributed by atoms with Crippen molar-refractivity contribution in [3.05, 3.63) is 34.1 Å². The van der Waals surface area contributed by atoms with E-state index in [1.165, 1.54) is 0 Å². The fourth-order valence-electron chi connectivity index (χ4n) is 2.75. The molecule has 0 spiro atoms. The van der Waals surface area contributed by atoms with Crippen molar-refractivity contribution >= 4 is 11.6 Å². The largest absolute Gasteiger partial charge is 0.416 e. The molecule has 1 heterocycles. The van der Waals surface area contributed by atoms with E-state index in [4.69, 9.17) is 11.6 Å². The topological polar surface area (TPSA) is 15.3 Å². The first-order valence-electron chi connectivity index (χ1n) is 6.92. The highest BCUT2D eigenvalue weighted by Gasteiger charge is 2.39. The van der Waals surface area contributed by atoms with E-state index in [0.717, 1.165) is 12.1 Å². The molecule has 2 rings (SSSR count). The Morgan fingerprint density at radius 3 is 2.41 bits per heavy atom. The molecule has 1 N–H and O–H groups in total. The summed E-state index contributed by atoms with van der Waals surface area (Å²) in [5.74, 6) is -1.12. The average Bonchev–Trinajstić information content (AvgIpc) is 2.47. The molecule has 0 radical (unpaired) electrons. The quantitative estimate of drug-likeness (QED) is 0.837. The van der Waals surface area contributed by atoms with Crippen LogP contribution in [0, 0.1) is 5.82 Å². The van der Waals surface area contributed by atoms with E-state index in [0.29, 0.717) is 26.2 Å². The highest BCUT2D eigenvalue weighted by molar-refractivity contribution is 6.30. The summed E-state index contributed by atoms with van der Waals surface area (Å²) in [7, 11) is 0. The molecular formula is C14H16ClF5N2. The van der Waals surface area contributed by atoms with E-state index in [1.807, 2.05) is 0 Å². The average molecular weight is 343 g/mol. The Bertz CT molecular complexity index is 515. The van der Waals surface area contributed by atoms with Gasteiger partial charge in [0.05, 0.1) is 17.3 Å². The number of benzene rings is 1. The number of hydrogen-bond donors (Lipinski definition) is 1. The second kappa shape index (κ2) is 7.10. The number of rotatable bonds is 4. The second-order valence-electron chi connectivity index (χ2n) is 5.10. The molecule has 1 atom stereocenters. The summed E-state index contributed by atoms with van der Waals surface area (Å²) in [6, 6.07) is 0.657. The second-order valence-corrected chi connectivity index (χ2v) is 5.51. The van der Waals surface area contributed by atoms with Gasteiger partial charge < -0.3 is 5.32 Å². The number of hydrogen-bond acceptors (Lipinski definition) is 2. The third kappa shape index (κ3) is 3.70. The van der Waals surface area contributed by atoms with Crippen LogP contribution in [0.2, 0.25) is 5.02 Å². The van der Waals surface area contributed by atoms with Crippen LogP contribution in [0.4, 0.5) is 22.0 Å². The van der Waals surface area contributed by atoms with E-state index in [-0.39, 0.29) is 11.4 Å². The molecule has 22 heavy (non-hydrogen) atoms. The molecule has 1 fully saturated rings. The molecule has 0 saturated carbocycles. The standard InChI is InChI=1S/C14H16ClF5N2/c15-10-2-1-9(14(18,19)20)12(13(10)17)11(3-4-16)22-7-5-21-6-8-22/h1-2,11,21H,3-8H2/t11-/m0/s1. The number of nitrogens with one attached hydrogen (secondary N) is 1. The zero-order valence-corrected chi connectivity index (χ0v) is 12.4. The van der Waals surface area contributed by atoms with Gasteiger partial charge in [0, 0.05) is 37.8 Å². The lowest BCUT2D eigenvalue weighted by atomic mass is 9.95. The summed E-state index contributed by atoms with van der Waals surface area (Å²) in [5, 5.41) is 2.67. The van der Waals surface area contributed by atoms with Crippen molar-refractivity contribution in [3.63, 3.8) is 0 Å². The van der Waals surface area contributed by atoms with E-state index in [2.05, 4.69) is 5.32 Å². The van der Waals surface area contributed by atoms with Gasteiger partial charge in [0.2, 0.25) is 0 Å². The van der Waals surface area contributed by atoms with Crippen molar-refractivity contribution in [2.75, 3.05) is 32.9 Å². The van der Waals surface area contributed by atoms with Gasteiger partial charge in [-0.15, -0.1) is 0 Å². The van der Waals surface area contributed by atoms with Crippen LogP contribution in [0.3, 0.4) is 0 Å². The molecule has 124 valence electrons. The molecule has 8 heteroatoms. The number of piperazine rings is 1. The Kier molecular flexibility index (Phi) is 5.63. The van der Waals surface area contributed by atoms with Gasteiger partial charge in [-0.2, -0.15) is 13.2 Å². The van der Waals surface area contributed by atoms with Crippen molar-refractivity contribution < 1.29 is 22.0 Å². The van der Waals surface area contributed by atoms with E-state index in [9.17, 15) is 22.0 Å². The van der Waals surface area contributed by atoms with Crippen molar-refractivity contribution in [2.24, 2.45) is 0 Å². The fourth-order valence-corrected chi connectivity index (χ4v) is 2.91. The summed E-state index contributed by atoms with van der Waals surface area (Å²) in [4.78, 5) is 1.67. The predicted molar refractivity (Wildman–Crippen MR) is 74.2 cm³/mol. The first-order chi connectivity index (χ1) is 10.4. The monoisotopic (exact) mass is 342 g/mol. The minimum absolute atomic E-state index is 0.208. The van der Waals surface area contributed by atoms with Crippen LogP contribution in [-0.4, -0.2) is 37.8 Å². The van der Waals surface area contributed by atoms with Crippen molar-refractivity contribution in [2.45, 2.75) is 18.6 Å². The Labute approximate surface area is 130 Å². The van der Waals surface area contributed by atoms with Crippen molar-refractivity contribution in [3.8, 4) is 0 Å². The smallest absolute Gasteiger partial charge is 0.314 e. The minimum Gasteiger partial charge on any atom is -0.314 e. The summed E-state index contributed by atoms with van der Waals surface area (Å²) in [5.41, 5.74) is -1.65.